The average Bonchev–Trinajstić information content (AvgIpc) is 3.16. The molecule has 1 aromatic carbocycles. The minimum Gasteiger partial charge on any atom is -0.382 e. The summed E-state index contributed by atoms with van der Waals surface area (Å²) in [5.41, 5.74) is 1.53. The predicted molar refractivity (Wildman–Crippen MR) is 84.1 cm³/mol. The van der Waals surface area contributed by atoms with Gasteiger partial charge in [0, 0.05) is 26.2 Å². The van der Waals surface area contributed by atoms with Crippen LogP contribution in [0.25, 0.3) is 0 Å². The van der Waals surface area contributed by atoms with Gasteiger partial charge in [0.15, 0.2) is 0 Å². The topological polar surface area (TPSA) is 61.6 Å². The van der Waals surface area contributed by atoms with Crippen LogP contribution in [0.1, 0.15) is 19.3 Å². The van der Waals surface area contributed by atoms with Crippen molar-refractivity contribution in [1.82, 2.24) is 4.90 Å². The van der Waals surface area contributed by atoms with Gasteiger partial charge in [0.25, 0.3) is 0 Å². The first-order valence-electron chi connectivity index (χ1n) is 7.65. The molecule has 3 rings (SSSR count). The highest BCUT2D eigenvalue weighted by Crippen LogP contribution is 2.37. The first-order valence-corrected chi connectivity index (χ1v) is 7.65. The number of nitro benzene ring substituents is 1. The van der Waals surface area contributed by atoms with E-state index in [9.17, 15) is 10.1 Å². The van der Waals surface area contributed by atoms with Crippen molar-refractivity contribution in [3.8, 4) is 0 Å². The second kappa shape index (κ2) is 5.89. The van der Waals surface area contributed by atoms with E-state index in [1.54, 1.807) is 13.1 Å². The summed E-state index contributed by atoms with van der Waals surface area (Å²) in [6.45, 7) is 4.15. The molecule has 114 valence electrons. The highest BCUT2D eigenvalue weighted by atomic mass is 16.6. The molecular formula is C15H22N4O2. The highest BCUT2D eigenvalue weighted by molar-refractivity contribution is 5.77. The maximum Gasteiger partial charge on any atom is 0.315 e. The van der Waals surface area contributed by atoms with E-state index in [1.807, 2.05) is 12.1 Å². The quantitative estimate of drug-likeness (QED) is 0.681. The van der Waals surface area contributed by atoms with Crippen LogP contribution in [0, 0.1) is 10.1 Å². The van der Waals surface area contributed by atoms with Crippen molar-refractivity contribution in [3.05, 3.63) is 28.3 Å². The van der Waals surface area contributed by atoms with Crippen LogP contribution in [-0.2, 0) is 0 Å². The molecule has 1 unspecified atom stereocenters. The Bertz CT molecular complexity index is 528. The molecule has 2 heterocycles. The van der Waals surface area contributed by atoms with Gasteiger partial charge in [0.2, 0.25) is 0 Å². The van der Waals surface area contributed by atoms with Crippen LogP contribution in [0.15, 0.2) is 18.2 Å². The van der Waals surface area contributed by atoms with Crippen molar-refractivity contribution in [3.63, 3.8) is 0 Å². The van der Waals surface area contributed by atoms with Crippen LogP contribution in [0.2, 0.25) is 0 Å². The van der Waals surface area contributed by atoms with Crippen molar-refractivity contribution in [2.75, 3.05) is 43.4 Å². The fourth-order valence-corrected chi connectivity index (χ4v) is 3.55. The second-order valence-corrected chi connectivity index (χ2v) is 5.81. The van der Waals surface area contributed by atoms with E-state index in [2.05, 4.69) is 15.1 Å². The van der Waals surface area contributed by atoms with Crippen molar-refractivity contribution in [2.45, 2.75) is 25.3 Å². The van der Waals surface area contributed by atoms with E-state index < -0.39 is 0 Å². The van der Waals surface area contributed by atoms with E-state index in [0.29, 0.717) is 11.7 Å². The summed E-state index contributed by atoms with van der Waals surface area (Å²) >= 11 is 0. The zero-order chi connectivity index (χ0) is 14.8. The molecule has 0 aromatic heterocycles. The number of rotatable bonds is 4. The van der Waals surface area contributed by atoms with Gasteiger partial charge in [-0.15, -0.1) is 0 Å². The molecular weight excluding hydrogens is 268 g/mol. The number of anilines is 2. The molecule has 0 amide bonds. The largest absolute Gasteiger partial charge is 0.382 e. The van der Waals surface area contributed by atoms with Crippen molar-refractivity contribution in [2.24, 2.45) is 0 Å². The SMILES string of the molecule is CNc1cccc(N2CCC(N3CCCC3)C2)c1[N+](=O)[O-]. The van der Waals surface area contributed by atoms with Gasteiger partial charge in [-0.3, -0.25) is 15.0 Å². The van der Waals surface area contributed by atoms with Gasteiger partial charge < -0.3 is 10.2 Å². The number of benzene rings is 1. The van der Waals surface area contributed by atoms with Crippen molar-refractivity contribution >= 4 is 17.1 Å². The molecule has 2 aliphatic rings. The fraction of sp³-hybridized carbons (Fsp3) is 0.600. The summed E-state index contributed by atoms with van der Waals surface area (Å²) in [7, 11) is 1.73. The number of nitrogens with zero attached hydrogens (tertiary/aromatic N) is 3. The smallest absolute Gasteiger partial charge is 0.315 e. The predicted octanol–water partition coefficient (Wildman–Crippen LogP) is 2.31. The maximum absolute atomic E-state index is 11.4. The fourth-order valence-electron chi connectivity index (χ4n) is 3.55. The molecule has 2 fully saturated rings. The number of hydrogen-bond donors (Lipinski definition) is 1. The molecule has 6 heteroatoms. The molecule has 1 aromatic rings. The van der Waals surface area contributed by atoms with E-state index in [-0.39, 0.29) is 10.6 Å². The lowest BCUT2D eigenvalue weighted by atomic mass is 10.2. The molecule has 2 aliphatic heterocycles. The number of likely N-dealkylation sites (tertiary alicyclic amines) is 1. The lowest BCUT2D eigenvalue weighted by Gasteiger charge is -2.24. The van der Waals surface area contributed by atoms with Gasteiger partial charge >= 0.3 is 5.69 Å². The van der Waals surface area contributed by atoms with Gasteiger partial charge in [0.1, 0.15) is 11.4 Å². The molecule has 0 radical (unpaired) electrons. The molecule has 1 atom stereocenters. The van der Waals surface area contributed by atoms with Gasteiger partial charge in [-0.05, 0) is 44.5 Å². The molecule has 0 aliphatic carbocycles. The Hall–Kier alpha value is -1.82. The van der Waals surface area contributed by atoms with E-state index in [1.165, 1.54) is 25.9 Å². The second-order valence-electron chi connectivity index (χ2n) is 5.81. The zero-order valence-corrected chi connectivity index (χ0v) is 12.4. The van der Waals surface area contributed by atoms with Gasteiger partial charge in [-0.2, -0.15) is 0 Å². The Balaban J connectivity index is 1.82. The third-order valence-corrected chi connectivity index (χ3v) is 4.63. The highest BCUT2D eigenvalue weighted by Gasteiger charge is 2.32. The third-order valence-electron chi connectivity index (χ3n) is 4.63. The lowest BCUT2D eigenvalue weighted by molar-refractivity contribution is -0.383. The van der Waals surface area contributed by atoms with Crippen molar-refractivity contribution < 1.29 is 4.92 Å². The van der Waals surface area contributed by atoms with Gasteiger partial charge in [0.05, 0.1) is 4.92 Å². The first-order chi connectivity index (χ1) is 10.2. The Morgan fingerprint density at radius 1 is 1.29 bits per heavy atom. The lowest BCUT2D eigenvalue weighted by Crippen LogP contribution is -2.35. The van der Waals surface area contributed by atoms with Gasteiger partial charge in [-0.1, -0.05) is 6.07 Å². The molecule has 1 N–H and O–H groups in total. The van der Waals surface area contributed by atoms with Crippen LogP contribution in [0.4, 0.5) is 17.1 Å². The number of hydrogen-bond acceptors (Lipinski definition) is 5. The monoisotopic (exact) mass is 290 g/mol. The molecule has 0 saturated carbocycles. The Kier molecular flexibility index (Phi) is 3.96. The molecule has 6 nitrogen and oxygen atoms in total. The van der Waals surface area contributed by atoms with E-state index in [4.69, 9.17) is 0 Å². The van der Waals surface area contributed by atoms with Crippen LogP contribution < -0.4 is 10.2 Å². The molecule has 0 bridgehead atoms. The van der Waals surface area contributed by atoms with Crippen LogP contribution in [0.3, 0.4) is 0 Å². The zero-order valence-electron chi connectivity index (χ0n) is 12.4. The number of nitrogens with one attached hydrogen (secondary N) is 1. The van der Waals surface area contributed by atoms with Crippen LogP contribution in [0.5, 0.6) is 0 Å². The minimum absolute atomic E-state index is 0.196. The summed E-state index contributed by atoms with van der Waals surface area (Å²) < 4.78 is 0. The normalized spacial score (nSPS) is 22.7. The molecule has 21 heavy (non-hydrogen) atoms. The third kappa shape index (κ3) is 2.68. The Labute approximate surface area is 124 Å². The molecule has 2 saturated heterocycles. The van der Waals surface area contributed by atoms with E-state index in [0.717, 1.165) is 25.2 Å². The Morgan fingerprint density at radius 3 is 2.71 bits per heavy atom. The average molecular weight is 290 g/mol. The standard InChI is InChI=1S/C15H22N4O2/c1-16-13-5-4-6-14(15(13)19(20)21)18-10-7-12(11-18)17-8-2-3-9-17/h4-6,12,16H,2-3,7-11H2,1H3. The van der Waals surface area contributed by atoms with Crippen LogP contribution in [-0.4, -0.2) is 49.1 Å². The van der Waals surface area contributed by atoms with Crippen LogP contribution >= 0.6 is 0 Å². The van der Waals surface area contributed by atoms with Crippen molar-refractivity contribution in [1.29, 1.82) is 0 Å². The maximum atomic E-state index is 11.4. The number of nitro groups is 1. The molecule has 0 spiro atoms. The summed E-state index contributed by atoms with van der Waals surface area (Å²) in [5.74, 6) is 0. The summed E-state index contributed by atoms with van der Waals surface area (Å²) in [6, 6.07) is 6.06. The van der Waals surface area contributed by atoms with Gasteiger partial charge in [-0.25, -0.2) is 0 Å². The number of para-hydroxylation sites is 1. The summed E-state index contributed by atoms with van der Waals surface area (Å²) in [4.78, 5) is 15.9. The Morgan fingerprint density at radius 2 is 2.05 bits per heavy atom. The van der Waals surface area contributed by atoms with E-state index >= 15 is 0 Å². The minimum atomic E-state index is -0.273. The summed E-state index contributed by atoms with van der Waals surface area (Å²) in [5, 5.41) is 14.4. The first kappa shape index (κ1) is 14.1. The summed E-state index contributed by atoms with van der Waals surface area (Å²) in [6.07, 6.45) is 3.67.